The Labute approximate surface area is 123 Å². The second-order valence-electron chi connectivity index (χ2n) is 6.25. The first-order valence-electron chi connectivity index (χ1n) is 6.84. The highest BCUT2D eigenvalue weighted by atomic mass is 16.2. The van der Waals surface area contributed by atoms with Gasteiger partial charge in [-0.05, 0) is 0 Å². The number of imide groups is 1. The third-order valence-corrected chi connectivity index (χ3v) is 3.42. The Balaban J connectivity index is 2.23. The molecule has 1 saturated heterocycles. The number of aromatic nitrogens is 2. The number of aromatic amines is 1. The summed E-state index contributed by atoms with van der Waals surface area (Å²) in [6.07, 6.45) is 1.87. The molecule has 0 bridgehead atoms. The Hall–Kier alpha value is -2.18. The maximum Gasteiger partial charge on any atom is 0.252 e. The minimum absolute atomic E-state index is 0.169. The summed E-state index contributed by atoms with van der Waals surface area (Å²) >= 11 is 0. The number of carbonyl (C=O) groups is 3. The van der Waals surface area contributed by atoms with E-state index in [1.807, 2.05) is 20.8 Å². The van der Waals surface area contributed by atoms with Crippen molar-refractivity contribution in [3.63, 3.8) is 0 Å². The van der Waals surface area contributed by atoms with Crippen LogP contribution >= 0.6 is 0 Å². The molecule has 7 nitrogen and oxygen atoms in total. The highest BCUT2D eigenvalue weighted by Gasteiger charge is 2.36. The maximum atomic E-state index is 12.3. The zero-order chi connectivity index (χ0) is 15.8. The van der Waals surface area contributed by atoms with Crippen molar-refractivity contribution in [2.24, 2.45) is 0 Å². The van der Waals surface area contributed by atoms with E-state index in [2.05, 4.69) is 15.3 Å². The Bertz CT molecular complexity index is 585. The Morgan fingerprint density at radius 1 is 1.43 bits per heavy atom. The van der Waals surface area contributed by atoms with Crippen LogP contribution in [0.4, 0.5) is 0 Å². The SMILES string of the molecule is CC(=O)N1CC(=O)NC(Cc2[nH]cnc2C(C)(C)C)C1=O. The summed E-state index contributed by atoms with van der Waals surface area (Å²) in [7, 11) is 0. The van der Waals surface area contributed by atoms with Crippen molar-refractivity contribution in [2.75, 3.05) is 6.54 Å². The maximum absolute atomic E-state index is 12.3. The number of piperazine rings is 1. The normalized spacial score (nSPS) is 19.6. The van der Waals surface area contributed by atoms with E-state index in [0.29, 0.717) is 6.42 Å². The van der Waals surface area contributed by atoms with Crippen molar-refractivity contribution in [2.45, 2.75) is 45.6 Å². The zero-order valence-corrected chi connectivity index (χ0v) is 12.7. The van der Waals surface area contributed by atoms with E-state index in [4.69, 9.17) is 0 Å². The highest BCUT2D eigenvalue weighted by Crippen LogP contribution is 2.24. The van der Waals surface area contributed by atoms with Crippen LogP contribution in [0.5, 0.6) is 0 Å². The summed E-state index contributed by atoms with van der Waals surface area (Å²) in [5.41, 5.74) is 1.48. The van der Waals surface area contributed by atoms with Gasteiger partial charge in [-0.15, -0.1) is 0 Å². The average molecular weight is 292 g/mol. The monoisotopic (exact) mass is 292 g/mol. The molecule has 3 amide bonds. The first-order chi connectivity index (χ1) is 9.70. The van der Waals surface area contributed by atoms with Crippen LogP contribution in [0, 0.1) is 0 Å². The van der Waals surface area contributed by atoms with Gasteiger partial charge >= 0.3 is 0 Å². The topological polar surface area (TPSA) is 95.2 Å². The minimum Gasteiger partial charge on any atom is -0.348 e. The Kier molecular flexibility index (Phi) is 3.85. The molecule has 0 saturated carbocycles. The van der Waals surface area contributed by atoms with Crippen LogP contribution in [0.2, 0.25) is 0 Å². The van der Waals surface area contributed by atoms with Gasteiger partial charge in [-0.1, -0.05) is 20.8 Å². The van der Waals surface area contributed by atoms with E-state index in [0.717, 1.165) is 16.3 Å². The number of hydrogen-bond acceptors (Lipinski definition) is 4. The number of rotatable bonds is 2. The number of carbonyl (C=O) groups excluding carboxylic acids is 3. The fourth-order valence-electron chi connectivity index (χ4n) is 2.44. The molecule has 1 aliphatic heterocycles. The molecule has 1 aromatic heterocycles. The number of nitrogens with one attached hydrogen (secondary N) is 2. The average Bonchev–Trinajstić information content (AvgIpc) is 2.81. The smallest absolute Gasteiger partial charge is 0.252 e. The summed E-state index contributed by atoms with van der Waals surface area (Å²) in [6, 6.07) is -0.739. The molecule has 1 aromatic rings. The van der Waals surface area contributed by atoms with Gasteiger partial charge in [-0.25, -0.2) is 4.98 Å². The summed E-state index contributed by atoms with van der Waals surface area (Å²) in [6.45, 7) is 7.14. The molecule has 0 radical (unpaired) electrons. The van der Waals surface area contributed by atoms with Crippen molar-refractivity contribution < 1.29 is 14.4 Å². The van der Waals surface area contributed by atoms with Crippen LogP contribution in [0.25, 0.3) is 0 Å². The molecule has 1 fully saturated rings. The molecule has 114 valence electrons. The molecule has 1 atom stereocenters. The largest absolute Gasteiger partial charge is 0.348 e. The lowest BCUT2D eigenvalue weighted by Gasteiger charge is -2.30. The third kappa shape index (κ3) is 3.12. The lowest BCUT2D eigenvalue weighted by Crippen LogP contribution is -2.60. The molecule has 21 heavy (non-hydrogen) atoms. The minimum atomic E-state index is -0.739. The molecule has 1 aliphatic rings. The fraction of sp³-hybridized carbons (Fsp3) is 0.571. The van der Waals surface area contributed by atoms with Gasteiger partial charge in [0, 0.05) is 24.5 Å². The number of amides is 3. The van der Waals surface area contributed by atoms with Crippen LogP contribution < -0.4 is 5.32 Å². The van der Waals surface area contributed by atoms with Crippen LogP contribution in [-0.2, 0) is 26.2 Å². The van der Waals surface area contributed by atoms with Crippen LogP contribution in [0.15, 0.2) is 6.33 Å². The van der Waals surface area contributed by atoms with E-state index in [-0.39, 0.29) is 23.8 Å². The van der Waals surface area contributed by atoms with Crippen molar-refractivity contribution in [1.82, 2.24) is 20.2 Å². The first kappa shape index (κ1) is 15.2. The molecule has 7 heteroatoms. The predicted octanol–water partition coefficient (Wildman–Crippen LogP) is 0.123. The van der Waals surface area contributed by atoms with Crippen molar-refractivity contribution in [1.29, 1.82) is 0 Å². The van der Waals surface area contributed by atoms with E-state index in [9.17, 15) is 14.4 Å². The van der Waals surface area contributed by atoms with Gasteiger partial charge in [0.2, 0.25) is 11.8 Å². The van der Waals surface area contributed by atoms with Crippen LogP contribution in [0.1, 0.15) is 39.1 Å². The lowest BCUT2D eigenvalue weighted by atomic mass is 9.89. The van der Waals surface area contributed by atoms with Gasteiger partial charge in [0.05, 0.1) is 12.0 Å². The van der Waals surface area contributed by atoms with Gasteiger partial charge in [-0.2, -0.15) is 0 Å². The second kappa shape index (κ2) is 5.31. The third-order valence-electron chi connectivity index (χ3n) is 3.42. The lowest BCUT2D eigenvalue weighted by molar-refractivity contribution is -0.152. The van der Waals surface area contributed by atoms with E-state index in [1.54, 1.807) is 6.33 Å². The molecule has 2 N–H and O–H groups in total. The molecule has 0 spiro atoms. The van der Waals surface area contributed by atoms with Crippen molar-refractivity contribution >= 4 is 17.7 Å². The molecular weight excluding hydrogens is 272 g/mol. The number of H-pyrrole nitrogens is 1. The number of nitrogens with zero attached hydrogens (tertiary/aromatic N) is 2. The Morgan fingerprint density at radius 3 is 2.67 bits per heavy atom. The van der Waals surface area contributed by atoms with Crippen molar-refractivity contribution in [3.8, 4) is 0 Å². The van der Waals surface area contributed by atoms with E-state index < -0.39 is 11.9 Å². The van der Waals surface area contributed by atoms with E-state index >= 15 is 0 Å². The number of hydrogen-bond donors (Lipinski definition) is 2. The summed E-state index contributed by atoms with van der Waals surface area (Å²) in [4.78, 5) is 43.6. The van der Waals surface area contributed by atoms with Crippen LogP contribution in [0.3, 0.4) is 0 Å². The first-order valence-corrected chi connectivity index (χ1v) is 6.84. The van der Waals surface area contributed by atoms with Gasteiger partial charge in [0.25, 0.3) is 5.91 Å². The molecule has 2 heterocycles. The van der Waals surface area contributed by atoms with Gasteiger partial charge in [0.1, 0.15) is 12.6 Å². The standard InChI is InChI=1S/C14H20N4O3/c1-8(19)18-6-11(20)17-10(13(18)21)5-9-12(14(2,3)4)16-7-15-9/h7,10H,5-6H2,1-4H3,(H,15,16)(H,17,20). The number of imidazole rings is 1. The quantitative estimate of drug-likeness (QED) is 0.809. The Morgan fingerprint density at radius 2 is 2.10 bits per heavy atom. The zero-order valence-electron chi connectivity index (χ0n) is 12.7. The molecule has 0 aliphatic carbocycles. The summed E-state index contributed by atoms with van der Waals surface area (Å²) in [5, 5.41) is 2.64. The van der Waals surface area contributed by atoms with Crippen LogP contribution in [-0.4, -0.2) is 45.2 Å². The second-order valence-corrected chi connectivity index (χ2v) is 6.25. The fourth-order valence-corrected chi connectivity index (χ4v) is 2.44. The summed E-state index contributed by atoms with van der Waals surface area (Å²) in [5.74, 6) is -1.12. The predicted molar refractivity (Wildman–Crippen MR) is 75.3 cm³/mol. The van der Waals surface area contributed by atoms with Gasteiger partial charge < -0.3 is 10.3 Å². The summed E-state index contributed by atoms with van der Waals surface area (Å²) < 4.78 is 0. The molecule has 1 unspecified atom stereocenters. The highest BCUT2D eigenvalue weighted by molar-refractivity contribution is 6.04. The van der Waals surface area contributed by atoms with Crippen molar-refractivity contribution in [3.05, 3.63) is 17.7 Å². The van der Waals surface area contributed by atoms with E-state index in [1.165, 1.54) is 6.92 Å². The van der Waals surface area contributed by atoms with Gasteiger partial charge in [0.15, 0.2) is 0 Å². The molecular formula is C14H20N4O3. The van der Waals surface area contributed by atoms with Gasteiger partial charge in [-0.3, -0.25) is 19.3 Å². The molecule has 0 aromatic carbocycles. The molecule has 2 rings (SSSR count).